The summed E-state index contributed by atoms with van der Waals surface area (Å²) in [5, 5.41) is 3.40. The van der Waals surface area contributed by atoms with E-state index in [0.717, 1.165) is 22.4 Å². The third-order valence-corrected chi connectivity index (χ3v) is 2.51. The Morgan fingerprint density at radius 1 is 1.69 bits per heavy atom. The molecule has 0 fully saturated rings. The standard InChI is InChI=1S/C8H11ClIN3/c1-6(9)2-3-12-8-7(10)4-11-5-13-8/h4-6H,2-3H2,1H3,(H,11,12,13). The average Bonchev–Trinajstić information content (AvgIpc) is 2.08. The minimum Gasteiger partial charge on any atom is -0.369 e. The number of nitrogens with zero attached hydrogens (tertiary/aromatic N) is 2. The topological polar surface area (TPSA) is 37.8 Å². The normalized spacial score (nSPS) is 12.5. The lowest BCUT2D eigenvalue weighted by Crippen LogP contribution is -2.08. The maximum Gasteiger partial charge on any atom is 0.142 e. The minimum atomic E-state index is 0.201. The van der Waals surface area contributed by atoms with Crippen LogP contribution in [0.5, 0.6) is 0 Å². The second-order valence-corrected chi connectivity index (χ2v) is 4.62. The van der Waals surface area contributed by atoms with Gasteiger partial charge >= 0.3 is 0 Å². The molecule has 13 heavy (non-hydrogen) atoms. The van der Waals surface area contributed by atoms with Gasteiger partial charge in [0.05, 0.1) is 3.57 Å². The van der Waals surface area contributed by atoms with Crippen LogP contribution < -0.4 is 5.32 Å². The maximum absolute atomic E-state index is 5.81. The Kier molecular flexibility index (Phi) is 4.72. The smallest absolute Gasteiger partial charge is 0.142 e. The molecule has 3 nitrogen and oxygen atoms in total. The maximum atomic E-state index is 5.81. The van der Waals surface area contributed by atoms with Gasteiger partial charge in [-0.2, -0.15) is 0 Å². The molecule has 72 valence electrons. The average molecular weight is 312 g/mol. The van der Waals surface area contributed by atoms with Crippen LogP contribution in [0.4, 0.5) is 5.82 Å². The molecular weight excluding hydrogens is 300 g/mol. The van der Waals surface area contributed by atoms with E-state index >= 15 is 0 Å². The summed E-state index contributed by atoms with van der Waals surface area (Å²) in [5.74, 6) is 0.882. The molecule has 1 atom stereocenters. The van der Waals surface area contributed by atoms with Crippen LogP contribution in [0.3, 0.4) is 0 Å². The molecule has 0 aliphatic rings. The number of halogens is 2. The van der Waals surface area contributed by atoms with Gasteiger partial charge in [0, 0.05) is 18.1 Å². The Hall–Kier alpha value is -0.100. The SMILES string of the molecule is CC(Cl)CCNc1ncncc1I. The van der Waals surface area contributed by atoms with Crippen LogP contribution in [0.15, 0.2) is 12.5 Å². The van der Waals surface area contributed by atoms with E-state index in [1.165, 1.54) is 6.33 Å². The van der Waals surface area contributed by atoms with Crippen molar-refractivity contribution in [3.8, 4) is 0 Å². The first-order valence-electron chi connectivity index (χ1n) is 4.03. The summed E-state index contributed by atoms with van der Waals surface area (Å²) >= 11 is 8.01. The van der Waals surface area contributed by atoms with Crippen LogP contribution in [0.2, 0.25) is 0 Å². The van der Waals surface area contributed by atoms with Crippen molar-refractivity contribution in [1.29, 1.82) is 0 Å². The van der Waals surface area contributed by atoms with Crippen molar-refractivity contribution < 1.29 is 0 Å². The molecule has 0 bridgehead atoms. The van der Waals surface area contributed by atoms with Crippen LogP contribution >= 0.6 is 34.2 Å². The van der Waals surface area contributed by atoms with Crippen LogP contribution in [0.25, 0.3) is 0 Å². The van der Waals surface area contributed by atoms with E-state index in [9.17, 15) is 0 Å². The van der Waals surface area contributed by atoms with Crippen molar-refractivity contribution in [1.82, 2.24) is 9.97 Å². The molecule has 1 heterocycles. The van der Waals surface area contributed by atoms with Crippen molar-refractivity contribution in [2.45, 2.75) is 18.7 Å². The first-order valence-corrected chi connectivity index (χ1v) is 5.55. The van der Waals surface area contributed by atoms with Crippen LogP contribution in [-0.4, -0.2) is 21.9 Å². The van der Waals surface area contributed by atoms with Gasteiger partial charge in [0.1, 0.15) is 12.1 Å². The highest BCUT2D eigenvalue weighted by Gasteiger charge is 2.00. The van der Waals surface area contributed by atoms with Gasteiger partial charge in [-0.05, 0) is 35.9 Å². The summed E-state index contributed by atoms with van der Waals surface area (Å²) in [6.07, 6.45) is 4.25. The number of hydrogen-bond acceptors (Lipinski definition) is 3. The van der Waals surface area contributed by atoms with Gasteiger partial charge < -0.3 is 5.32 Å². The van der Waals surface area contributed by atoms with Gasteiger partial charge in [-0.25, -0.2) is 9.97 Å². The summed E-state index contributed by atoms with van der Waals surface area (Å²) in [4.78, 5) is 8.01. The second kappa shape index (κ2) is 5.59. The Balaban J connectivity index is 2.41. The van der Waals surface area contributed by atoms with E-state index in [0.29, 0.717) is 0 Å². The Morgan fingerprint density at radius 3 is 3.08 bits per heavy atom. The predicted octanol–water partition coefficient (Wildman–Crippen LogP) is 2.51. The molecule has 1 aromatic heterocycles. The predicted molar refractivity (Wildman–Crippen MR) is 63.2 cm³/mol. The summed E-state index contributed by atoms with van der Waals surface area (Å²) in [6.45, 7) is 2.83. The first-order chi connectivity index (χ1) is 6.20. The van der Waals surface area contributed by atoms with Crippen molar-refractivity contribution in [3.05, 3.63) is 16.1 Å². The highest BCUT2D eigenvalue weighted by Crippen LogP contribution is 2.12. The summed E-state index contributed by atoms with van der Waals surface area (Å²) in [6, 6.07) is 0. The number of rotatable bonds is 4. The molecule has 0 amide bonds. The van der Waals surface area contributed by atoms with E-state index in [1.54, 1.807) is 6.20 Å². The molecule has 1 aromatic rings. The van der Waals surface area contributed by atoms with Crippen LogP contribution in [0.1, 0.15) is 13.3 Å². The summed E-state index contributed by atoms with van der Waals surface area (Å²) in [5.41, 5.74) is 0. The zero-order valence-electron chi connectivity index (χ0n) is 7.30. The highest BCUT2D eigenvalue weighted by molar-refractivity contribution is 14.1. The zero-order chi connectivity index (χ0) is 9.68. The molecule has 0 aliphatic heterocycles. The van der Waals surface area contributed by atoms with Crippen LogP contribution in [-0.2, 0) is 0 Å². The van der Waals surface area contributed by atoms with Crippen molar-refractivity contribution in [2.24, 2.45) is 0 Å². The molecule has 0 spiro atoms. The second-order valence-electron chi connectivity index (χ2n) is 2.72. The highest BCUT2D eigenvalue weighted by atomic mass is 127. The Bertz CT molecular complexity index is 267. The zero-order valence-corrected chi connectivity index (χ0v) is 10.2. The van der Waals surface area contributed by atoms with E-state index in [-0.39, 0.29) is 5.38 Å². The molecule has 0 aliphatic carbocycles. The van der Waals surface area contributed by atoms with Crippen molar-refractivity contribution in [3.63, 3.8) is 0 Å². The largest absolute Gasteiger partial charge is 0.369 e. The molecule has 1 N–H and O–H groups in total. The molecule has 0 saturated carbocycles. The van der Waals surface area contributed by atoms with E-state index < -0.39 is 0 Å². The fraction of sp³-hybridized carbons (Fsp3) is 0.500. The fourth-order valence-electron chi connectivity index (χ4n) is 0.832. The van der Waals surface area contributed by atoms with Gasteiger partial charge in [0.25, 0.3) is 0 Å². The van der Waals surface area contributed by atoms with E-state index in [4.69, 9.17) is 11.6 Å². The van der Waals surface area contributed by atoms with E-state index in [2.05, 4.69) is 37.9 Å². The van der Waals surface area contributed by atoms with Crippen LogP contribution in [0, 0.1) is 3.57 Å². The molecule has 0 saturated heterocycles. The van der Waals surface area contributed by atoms with Crippen molar-refractivity contribution >= 4 is 40.0 Å². The van der Waals surface area contributed by atoms with Gasteiger partial charge in [0.2, 0.25) is 0 Å². The summed E-state index contributed by atoms with van der Waals surface area (Å²) < 4.78 is 1.03. The number of hydrogen-bond donors (Lipinski definition) is 1. The molecular formula is C8H11ClIN3. The number of aromatic nitrogens is 2. The third-order valence-electron chi connectivity index (χ3n) is 1.50. The lowest BCUT2D eigenvalue weighted by molar-refractivity contribution is 0.837. The molecule has 5 heteroatoms. The van der Waals surface area contributed by atoms with Gasteiger partial charge in [-0.15, -0.1) is 11.6 Å². The van der Waals surface area contributed by atoms with Gasteiger partial charge in [-0.1, -0.05) is 0 Å². The number of alkyl halides is 1. The molecule has 1 rings (SSSR count). The molecule has 1 unspecified atom stereocenters. The van der Waals surface area contributed by atoms with Gasteiger partial charge in [-0.3, -0.25) is 0 Å². The van der Waals surface area contributed by atoms with Crippen molar-refractivity contribution in [2.75, 3.05) is 11.9 Å². The number of nitrogens with one attached hydrogen (secondary N) is 1. The Morgan fingerprint density at radius 2 is 2.46 bits per heavy atom. The quantitative estimate of drug-likeness (QED) is 0.686. The third kappa shape index (κ3) is 4.08. The molecule has 0 aromatic carbocycles. The first kappa shape index (κ1) is 11.0. The lowest BCUT2D eigenvalue weighted by Gasteiger charge is -2.07. The molecule has 0 radical (unpaired) electrons. The fourth-order valence-corrected chi connectivity index (χ4v) is 1.43. The minimum absolute atomic E-state index is 0.201. The van der Waals surface area contributed by atoms with Gasteiger partial charge in [0.15, 0.2) is 0 Å². The Labute approximate surface area is 96.4 Å². The van der Waals surface area contributed by atoms with E-state index in [1.807, 2.05) is 6.92 Å². The lowest BCUT2D eigenvalue weighted by atomic mass is 10.3. The monoisotopic (exact) mass is 311 g/mol. The summed E-state index contributed by atoms with van der Waals surface area (Å²) in [7, 11) is 0. The number of anilines is 1.